The lowest BCUT2D eigenvalue weighted by Crippen LogP contribution is -2.44. The zero-order chi connectivity index (χ0) is 33.6. The first kappa shape index (κ1) is 32.0. The summed E-state index contributed by atoms with van der Waals surface area (Å²) in [6.45, 7) is 4.05. The number of aliphatic hydroxyl groups excluding tert-OH is 1. The van der Waals surface area contributed by atoms with E-state index < -0.39 is 29.2 Å². The van der Waals surface area contributed by atoms with E-state index in [1.807, 2.05) is 12.3 Å². The van der Waals surface area contributed by atoms with Crippen molar-refractivity contribution in [2.45, 2.75) is 49.9 Å². The molecular formula is C36H37F3N6O3. The van der Waals surface area contributed by atoms with Crippen molar-refractivity contribution < 1.29 is 23.1 Å². The van der Waals surface area contributed by atoms with Gasteiger partial charge in [-0.2, -0.15) is 13.2 Å². The molecule has 7 rings (SSSR count). The zero-order valence-corrected chi connectivity index (χ0v) is 26.6. The van der Waals surface area contributed by atoms with Crippen molar-refractivity contribution >= 4 is 11.7 Å². The lowest BCUT2D eigenvalue weighted by atomic mass is 9.91. The molecule has 0 spiro atoms. The fourth-order valence-corrected chi connectivity index (χ4v) is 6.80. The van der Waals surface area contributed by atoms with Gasteiger partial charge in [0.25, 0.3) is 11.5 Å². The van der Waals surface area contributed by atoms with E-state index in [1.165, 1.54) is 11.0 Å². The molecule has 12 heteroatoms. The van der Waals surface area contributed by atoms with Crippen molar-refractivity contribution in [3.8, 4) is 11.1 Å². The Morgan fingerprint density at radius 3 is 2.46 bits per heavy atom. The third kappa shape index (κ3) is 6.22. The zero-order valence-electron chi connectivity index (χ0n) is 26.6. The predicted molar refractivity (Wildman–Crippen MR) is 174 cm³/mol. The Morgan fingerprint density at radius 2 is 1.75 bits per heavy atom. The molecule has 1 aliphatic carbocycles. The largest absolute Gasteiger partial charge is 0.416 e. The fraction of sp³-hybridized carbons (Fsp3) is 0.389. The number of rotatable bonds is 6. The Hall–Kier alpha value is -4.55. The van der Waals surface area contributed by atoms with Gasteiger partial charge in [-0.15, -0.1) is 0 Å². The molecule has 1 saturated carbocycles. The minimum atomic E-state index is -4.61. The number of carbonyl (C=O) groups is 1. The van der Waals surface area contributed by atoms with Crippen LogP contribution in [0.25, 0.3) is 11.1 Å². The predicted octanol–water partition coefficient (Wildman–Crippen LogP) is 4.69. The quantitative estimate of drug-likeness (QED) is 0.310. The first-order valence-electron chi connectivity index (χ1n) is 16.3. The van der Waals surface area contributed by atoms with Crippen LogP contribution in [-0.2, 0) is 29.4 Å². The van der Waals surface area contributed by atoms with Crippen LogP contribution in [0.5, 0.6) is 0 Å². The third-order valence-electron chi connectivity index (χ3n) is 9.89. The van der Waals surface area contributed by atoms with Crippen molar-refractivity contribution in [1.82, 2.24) is 24.8 Å². The summed E-state index contributed by atoms with van der Waals surface area (Å²) in [5, 5.41) is 10.7. The highest BCUT2D eigenvalue weighted by atomic mass is 19.4. The number of aryl methyl sites for hydroxylation is 1. The second kappa shape index (κ2) is 12.5. The van der Waals surface area contributed by atoms with Gasteiger partial charge in [0.1, 0.15) is 11.6 Å². The van der Waals surface area contributed by atoms with Crippen LogP contribution in [0.2, 0.25) is 0 Å². The number of fused-ring (bicyclic) bond motifs is 1. The van der Waals surface area contributed by atoms with Gasteiger partial charge in [0.2, 0.25) is 0 Å². The summed E-state index contributed by atoms with van der Waals surface area (Å²) in [4.78, 5) is 45.5. The van der Waals surface area contributed by atoms with Gasteiger partial charge in [-0.1, -0.05) is 36.4 Å². The van der Waals surface area contributed by atoms with Gasteiger partial charge in [-0.3, -0.25) is 9.59 Å². The number of nitrogens with zero attached hydrogens (tertiary/aromatic N) is 5. The topological polar surface area (TPSA) is 106 Å². The van der Waals surface area contributed by atoms with Crippen LogP contribution in [0.3, 0.4) is 0 Å². The molecule has 9 nitrogen and oxygen atoms in total. The summed E-state index contributed by atoms with van der Waals surface area (Å²) in [6, 6.07) is 16.5. The summed E-state index contributed by atoms with van der Waals surface area (Å²) < 4.78 is 39.7. The number of hydrogen-bond donors (Lipinski definition) is 2. The number of aromatic amines is 1. The number of likely N-dealkylation sites (N-methyl/N-ethyl adjacent to an activating group) is 1. The standard InChI is InChI=1S/C36H37F3N6O3/c1-43-15-17-44(18-16-43)30-11-10-25(21-40-30)23-5-2-7-26(19-23)35(12-13-35)34-41-29-9-4-14-45(22-28(29)32(47)42-34)33(48)31(46)24-6-3-8-27(20-24)36(37,38)39/h2-3,5-8,10-11,19-21,31,46H,4,9,12-18,22H2,1H3,(H,41,42,47)/t31-/m1/s1. The number of aliphatic hydroxyl groups is 1. The number of pyridine rings is 1. The van der Waals surface area contributed by atoms with Crippen LogP contribution < -0.4 is 10.5 Å². The molecule has 3 aliphatic rings. The maximum absolute atomic E-state index is 13.5. The van der Waals surface area contributed by atoms with Crippen LogP contribution in [0.4, 0.5) is 19.0 Å². The first-order valence-corrected chi connectivity index (χ1v) is 16.3. The van der Waals surface area contributed by atoms with Gasteiger partial charge in [-0.25, -0.2) is 9.97 Å². The maximum atomic E-state index is 13.5. The van der Waals surface area contributed by atoms with E-state index in [0.29, 0.717) is 29.9 Å². The number of anilines is 1. The van der Waals surface area contributed by atoms with E-state index in [9.17, 15) is 27.9 Å². The molecule has 2 aliphatic heterocycles. The second-order valence-electron chi connectivity index (χ2n) is 13.1. The molecule has 4 heterocycles. The Balaban J connectivity index is 1.10. The average molecular weight is 659 g/mol. The van der Waals surface area contributed by atoms with Gasteiger partial charge >= 0.3 is 6.18 Å². The molecule has 0 radical (unpaired) electrons. The summed E-state index contributed by atoms with van der Waals surface area (Å²) >= 11 is 0. The van der Waals surface area contributed by atoms with E-state index in [-0.39, 0.29) is 24.2 Å². The summed E-state index contributed by atoms with van der Waals surface area (Å²) in [7, 11) is 2.13. The number of H-pyrrole nitrogens is 1. The fourth-order valence-electron chi connectivity index (χ4n) is 6.80. The van der Waals surface area contributed by atoms with Gasteiger partial charge in [0.05, 0.1) is 28.8 Å². The Bertz CT molecular complexity index is 1880. The lowest BCUT2D eigenvalue weighted by Gasteiger charge is -2.33. The molecule has 2 fully saturated rings. The van der Waals surface area contributed by atoms with Crippen molar-refractivity contribution in [3.05, 3.63) is 111 Å². The van der Waals surface area contributed by atoms with E-state index in [1.54, 1.807) is 0 Å². The van der Waals surface area contributed by atoms with Crippen molar-refractivity contribution in [3.63, 3.8) is 0 Å². The summed E-state index contributed by atoms with van der Waals surface area (Å²) in [5.41, 5.74) is 2.14. The minimum Gasteiger partial charge on any atom is -0.378 e. The maximum Gasteiger partial charge on any atom is 0.416 e. The second-order valence-corrected chi connectivity index (χ2v) is 13.1. The van der Waals surface area contributed by atoms with E-state index in [0.717, 1.165) is 79.7 Å². The molecule has 2 N–H and O–H groups in total. The Kier molecular flexibility index (Phi) is 8.32. The molecular weight excluding hydrogens is 621 g/mol. The number of aromatic nitrogens is 3. The highest BCUT2D eigenvalue weighted by Crippen LogP contribution is 2.52. The number of halogens is 3. The number of hydrogen-bond acceptors (Lipinski definition) is 7. The molecule has 2 aromatic heterocycles. The smallest absolute Gasteiger partial charge is 0.378 e. The number of nitrogens with one attached hydrogen (secondary N) is 1. The normalized spacial score (nSPS) is 18.6. The molecule has 1 amide bonds. The molecule has 0 bridgehead atoms. The van der Waals surface area contributed by atoms with Gasteiger partial charge in [0, 0.05) is 44.5 Å². The monoisotopic (exact) mass is 658 g/mol. The van der Waals surface area contributed by atoms with Crippen LogP contribution in [0.15, 0.2) is 71.7 Å². The Morgan fingerprint density at radius 1 is 0.979 bits per heavy atom. The highest BCUT2D eigenvalue weighted by Gasteiger charge is 2.49. The van der Waals surface area contributed by atoms with Crippen molar-refractivity contribution in [2.24, 2.45) is 0 Å². The number of alkyl halides is 3. The lowest BCUT2D eigenvalue weighted by molar-refractivity contribution is -0.142. The SMILES string of the molecule is CN1CCN(c2ccc(-c3cccc(C4(c5nc6c(c(=O)[nH]5)CN(C(=O)[C@H](O)c5cccc(C(F)(F)F)c5)CCC6)CC4)c3)cn2)CC1. The van der Waals surface area contributed by atoms with Gasteiger partial charge < -0.3 is 24.8 Å². The van der Waals surface area contributed by atoms with Crippen LogP contribution >= 0.6 is 0 Å². The number of carbonyl (C=O) groups excluding carboxylic acids is 1. The van der Waals surface area contributed by atoms with Crippen molar-refractivity contribution in [1.29, 1.82) is 0 Å². The van der Waals surface area contributed by atoms with Crippen LogP contribution in [-0.4, -0.2) is 75.5 Å². The minimum absolute atomic E-state index is 0.0909. The van der Waals surface area contributed by atoms with E-state index in [4.69, 9.17) is 9.97 Å². The van der Waals surface area contributed by atoms with Crippen LogP contribution in [0.1, 0.15) is 59.1 Å². The number of piperazine rings is 1. The van der Waals surface area contributed by atoms with Crippen LogP contribution in [0, 0.1) is 0 Å². The molecule has 2 aromatic carbocycles. The summed E-state index contributed by atoms with van der Waals surface area (Å²) in [5.74, 6) is 0.807. The molecule has 1 atom stereocenters. The number of amides is 1. The number of benzene rings is 2. The highest BCUT2D eigenvalue weighted by molar-refractivity contribution is 5.82. The van der Waals surface area contributed by atoms with Crippen molar-refractivity contribution in [2.75, 3.05) is 44.7 Å². The molecule has 250 valence electrons. The molecule has 48 heavy (non-hydrogen) atoms. The average Bonchev–Trinajstić information content (AvgIpc) is 3.93. The molecule has 1 saturated heterocycles. The Labute approximate surface area is 276 Å². The first-order chi connectivity index (χ1) is 23.0. The van der Waals surface area contributed by atoms with Gasteiger partial charge in [-0.05, 0) is 73.7 Å². The van der Waals surface area contributed by atoms with Gasteiger partial charge in [0.15, 0.2) is 6.10 Å². The van der Waals surface area contributed by atoms with E-state index in [2.05, 4.69) is 52.2 Å². The molecule has 0 unspecified atom stereocenters. The molecule has 4 aromatic rings. The summed E-state index contributed by atoms with van der Waals surface area (Å²) in [6.07, 6.45) is -1.89. The van der Waals surface area contributed by atoms with E-state index >= 15 is 0 Å². The third-order valence-corrected chi connectivity index (χ3v) is 9.89.